The van der Waals surface area contributed by atoms with E-state index in [9.17, 15) is 8.78 Å². The summed E-state index contributed by atoms with van der Waals surface area (Å²) in [5.41, 5.74) is 2.45. The van der Waals surface area contributed by atoms with Crippen LogP contribution in [0, 0.1) is 11.6 Å². The van der Waals surface area contributed by atoms with Crippen LogP contribution in [0.5, 0.6) is 0 Å². The second-order valence-corrected chi connectivity index (χ2v) is 5.58. The van der Waals surface area contributed by atoms with Gasteiger partial charge in [-0.2, -0.15) is 5.10 Å². The first kappa shape index (κ1) is 16.0. The van der Waals surface area contributed by atoms with Gasteiger partial charge in [-0.05, 0) is 36.4 Å². The third-order valence-electron chi connectivity index (χ3n) is 3.91. The van der Waals surface area contributed by atoms with Crippen LogP contribution in [0.15, 0.2) is 73.2 Å². The van der Waals surface area contributed by atoms with E-state index in [1.165, 1.54) is 18.3 Å². The van der Waals surface area contributed by atoms with Crippen molar-refractivity contribution in [1.82, 2.24) is 20.2 Å². The van der Waals surface area contributed by atoms with Crippen LogP contribution < -0.4 is 0 Å². The lowest BCUT2D eigenvalue weighted by molar-refractivity contribution is 0.629. The maximum atomic E-state index is 14.2. The third-order valence-corrected chi connectivity index (χ3v) is 3.91. The third kappa shape index (κ3) is 3.04. The molecule has 4 aromatic rings. The lowest BCUT2D eigenvalue weighted by Crippen LogP contribution is -1.97. The van der Waals surface area contributed by atoms with E-state index in [0.717, 1.165) is 0 Å². The molecule has 2 heterocycles. The largest absolute Gasteiger partial charge is 0.264 e. The average molecular weight is 346 g/mol. The van der Waals surface area contributed by atoms with Crippen LogP contribution in [0.2, 0.25) is 0 Å². The first-order valence-electron chi connectivity index (χ1n) is 7.87. The second-order valence-electron chi connectivity index (χ2n) is 5.58. The zero-order chi connectivity index (χ0) is 17.9. The molecule has 0 fully saturated rings. The van der Waals surface area contributed by atoms with Crippen molar-refractivity contribution in [2.45, 2.75) is 0 Å². The molecule has 126 valence electrons. The Kier molecular flexibility index (Phi) is 4.15. The Balaban J connectivity index is 1.80. The maximum absolute atomic E-state index is 14.2. The molecular formula is C20H12F2N4. The lowest BCUT2D eigenvalue weighted by atomic mass is 10.0. The quantitative estimate of drug-likeness (QED) is 0.546. The van der Waals surface area contributed by atoms with Gasteiger partial charge >= 0.3 is 0 Å². The molecule has 0 bridgehead atoms. The Hall–Kier alpha value is -3.54. The summed E-state index contributed by atoms with van der Waals surface area (Å²) in [7, 11) is 0. The highest BCUT2D eigenvalue weighted by atomic mass is 19.1. The Labute approximate surface area is 148 Å². The monoisotopic (exact) mass is 346 g/mol. The Morgan fingerprint density at radius 1 is 0.731 bits per heavy atom. The molecule has 0 amide bonds. The van der Waals surface area contributed by atoms with Gasteiger partial charge in [0.15, 0.2) is 5.82 Å². The zero-order valence-corrected chi connectivity index (χ0v) is 13.5. The molecule has 2 aromatic heterocycles. The number of halogens is 2. The standard InChI is InChI=1S/C20H12F2N4/c21-17-6-2-1-5-15(17)20-25-19(12-24-26-20)13-7-8-18(22)16(10-13)14-4-3-9-23-11-14/h1-12H. The number of hydrogen-bond acceptors (Lipinski definition) is 4. The summed E-state index contributed by atoms with van der Waals surface area (Å²) in [6, 6.07) is 14.4. The first-order valence-corrected chi connectivity index (χ1v) is 7.87. The maximum Gasteiger partial charge on any atom is 0.185 e. The molecule has 0 aliphatic heterocycles. The van der Waals surface area contributed by atoms with Gasteiger partial charge in [0.2, 0.25) is 0 Å². The van der Waals surface area contributed by atoms with Crippen molar-refractivity contribution in [1.29, 1.82) is 0 Å². The van der Waals surface area contributed by atoms with E-state index in [1.807, 2.05) is 0 Å². The summed E-state index contributed by atoms with van der Waals surface area (Å²) in [4.78, 5) is 8.41. The van der Waals surface area contributed by atoms with Gasteiger partial charge in [0, 0.05) is 29.1 Å². The minimum atomic E-state index is -0.429. The van der Waals surface area contributed by atoms with Crippen molar-refractivity contribution >= 4 is 0 Å². The molecule has 0 unspecified atom stereocenters. The molecular weight excluding hydrogens is 334 g/mol. The number of rotatable bonds is 3. The van der Waals surface area contributed by atoms with E-state index >= 15 is 0 Å². The van der Waals surface area contributed by atoms with Gasteiger partial charge in [-0.3, -0.25) is 4.98 Å². The van der Waals surface area contributed by atoms with E-state index in [4.69, 9.17) is 0 Å². The van der Waals surface area contributed by atoms with Gasteiger partial charge in [-0.15, -0.1) is 5.10 Å². The van der Waals surface area contributed by atoms with Crippen LogP contribution in [0.25, 0.3) is 33.8 Å². The first-order chi connectivity index (χ1) is 12.7. The number of pyridine rings is 1. The fourth-order valence-electron chi connectivity index (χ4n) is 2.63. The summed E-state index contributed by atoms with van der Waals surface area (Å²) in [6.45, 7) is 0. The molecule has 0 saturated heterocycles. The summed E-state index contributed by atoms with van der Waals surface area (Å²) >= 11 is 0. The molecule has 0 saturated carbocycles. The molecule has 4 rings (SSSR count). The lowest BCUT2D eigenvalue weighted by Gasteiger charge is -2.08. The van der Waals surface area contributed by atoms with Gasteiger partial charge in [0.05, 0.1) is 17.5 Å². The molecule has 0 N–H and O–H groups in total. The van der Waals surface area contributed by atoms with Gasteiger partial charge in [-0.25, -0.2) is 13.8 Å². The molecule has 0 spiro atoms. The molecule has 26 heavy (non-hydrogen) atoms. The molecule has 0 radical (unpaired) electrons. The minimum Gasteiger partial charge on any atom is -0.264 e. The summed E-state index contributed by atoms with van der Waals surface area (Å²) in [6.07, 6.45) is 4.68. The van der Waals surface area contributed by atoms with E-state index in [-0.39, 0.29) is 17.2 Å². The molecule has 4 nitrogen and oxygen atoms in total. The Morgan fingerprint density at radius 3 is 2.38 bits per heavy atom. The number of benzene rings is 2. The van der Waals surface area contributed by atoms with Crippen LogP contribution in [-0.2, 0) is 0 Å². The highest BCUT2D eigenvalue weighted by Gasteiger charge is 2.12. The van der Waals surface area contributed by atoms with Crippen molar-refractivity contribution in [3.05, 3.63) is 84.8 Å². The van der Waals surface area contributed by atoms with Crippen LogP contribution in [0.1, 0.15) is 0 Å². The summed E-state index contributed by atoms with van der Waals surface area (Å²) in [5.74, 6) is -0.618. The summed E-state index contributed by atoms with van der Waals surface area (Å²) in [5, 5.41) is 7.83. The van der Waals surface area contributed by atoms with E-state index < -0.39 is 5.82 Å². The van der Waals surface area contributed by atoms with Crippen molar-refractivity contribution in [2.75, 3.05) is 0 Å². The smallest absolute Gasteiger partial charge is 0.185 e. The molecule has 0 atom stereocenters. The van der Waals surface area contributed by atoms with Crippen LogP contribution in [-0.4, -0.2) is 20.2 Å². The van der Waals surface area contributed by atoms with Gasteiger partial charge in [0.25, 0.3) is 0 Å². The Morgan fingerprint density at radius 2 is 1.58 bits per heavy atom. The fourth-order valence-corrected chi connectivity index (χ4v) is 2.63. The molecule has 0 aliphatic rings. The van der Waals surface area contributed by atoms with Crippen molar-refractivity contribution < 1.29 is 8.78 Å². The average Bonchev–Trinajstić information content (AvgIpc) is 2.69. The van der Waals surface area contributed by atoms with Crippen molar-refractivity contribution in [3.63, 3.8) is 0 Å². The van der Waals surface area contributed by atoms with Crippen LogP contribution in [0.4, 0.5) is 8.78 Å². The van der Waals surface area contributed by atoms with E-state index in [2.05, 4.69) is 20.2 Å². The predicted octanol–water partition coefficient (Wildman–Crippen LogP) is 4.55. The van der Waals surface area contributed by atoms with Crippen molar-refractivity contribution in [2.24, 2.45) is 0 Å². The SMILES string of the molecule is Fc1ccc(-c2cnnc(-c3ccccc3F)n2)cc1-c1cccnc1. The van der Waals surface area contributed by atoms with E-state index in [1.54, 1.807) is 54.9 Å². The van der Waals surface area contributed by atoms with Crippen LogP contribution in [0.3, 0.4) is 0 Å². The molecule has 0 aliphatic carbocycles. The van der Waals surface area contributed by atoms with Crippen LogP contribution >= 0.6 is 0 Å². The van der Waals surface area contributed by atoms with Gasteiger partial charge in [-0.1, -0.05) is 18.2 Å². The highest BCUT2D eigenvalue weighted by Crippen LogP contribution is 2.28. The Bertz CT molecular complexity index is 1070. The molecule has 6 heteroatoms. The zero-order valence-electron chi connectivity index (χ0n) is 13.5. The fraction of sp³-hybridized carbons (Fsp3) is 0. The minimum absolute atomic E-state index is 0.174. The summed E-state index contributed by atoms with van der Waals surface area (Å²) < 4.78 is 28.2. The number of aromatic nitrogens is 4. The number of hydrogen-bond donors (Lipinski definition) is 0. The topological polar surface area (TPSA) is 51.6 Å². The number of nitrogens with zero attached hydrogens (tertiary/aromatic N) is 4. The van der Waals surface area contributed by atoms with E-state index in [0.29, 0.717) is 22.4 Å². The predicted molar refractivity (Wildman–Crippen MR) is 93.8 cm³/mol. The normalized spacial score (nSPS) is 10.7. The second kappa shape index (κ2) is 6.76. The van der Waals surface area contributed by atoms with Gasteiger partial charge < -0.3 is 0 Å². The molecule has 2 aromatic carbocycles. The highest BCUT2D eigenvalue weighted by molar-refractivity contribution is 5.72. The van der Waals surface area contributed by atoms with Gasteiger partial charge in [0.1, 0.15) is 11.6 Å². The van der Waals surface area contributed by atoms with Crippen molar-refractivity contribution in [3.8, 4) is 33.8 Å².